The average molecular weight is 310 g/mol. The third-order valence-electron chi connectivity index (χ3n) is 3.57. The first-order chi connectivity index (χ1) is 9.65. The summed E-state index contributed by atoms with van der Waals surface area (Å²) in [6.45, 7) is 1.89. The lowest BCUT2D eigenvalue weighted by Gasteiger charge is -2.23. The van der Waals surface area contributed by atoms with Gasteiger partial charge in [0.25, 0.3) is 5.91 Å². The van der Waals surface area contributed by atoms with Crippen LogP contribution in [-0.4, -0.2) is 25.0 Å². The van der Waals surface area contributed by atoms with E-state index in [9.17, 15) is 4.79 Å². The van der Waals surface area contributed by atoms with Gasteiger partial charge in [-0.3, -0.25) is 4.79 Å². The lowest BCUT2D eigenvalue weighted by atomic mass is 10.1. The van der Waals surface area contributed by atoms with Gasteiger partial charge >= 0.3 is 0 Å². The van der Waals surface area contributed by atoms with Crippen LogP contribution in [0.25, 0.3) is 10.1 Å². The van der Waals surface area contributed by atoms with Crippen molar-refractivity contribution in [1.82, 2.24) is 10.6 Å². The Hall–Kier alpha value is -1.30. The second kappa shape index (κ2) is 5.60. The summed E-state index contributed by atoms with van der Waals surface area (Å²) in [6, 6.07) is 5.74. The molecule has 20 heavy (non-hydrogen) atoms. The predicted octanol–water partition coefficient (Wildman–Crippen LogP) is 2.62. The molecule has 1 saturated heterocycles. The fraction of sp³-hybridized carbons (Fsp3) is 0.357. The van der Waals surface area contributed by atoms with Gasteiger partial charge in [0.2, 0.25) is 0 Å². The lowest BCUT2D eigenvalue weighted by Crippen LogP contribution is -2.42. The molecule has 1 aromatic carbocycles. The van der Waals surface area contributed by atoms with Crippen molar-refractivity contribution < 1.29 is 4.79 Å². The van der Waals surface area contributed by atoms with Crippen LogP contribution >= 0.6 is 22.9 Å². The molecule has 0 radical (unpaired) electrons. The van der Waals surface area contributed by atoms with E-state index >= 15 is 0 Å². The van der Waals surface area contributed by atoms with Gasteiger partial charge < -0.3 is 16.4 Å². The first kappa shape index (κ1) is 13.7. The van der Waals surface area contributed by atoms with Crippen LogP contribution in [-0.2, 0) is 0 Å². The fourth-order valence-corrected chi connectivity index (χ4v) is 3.78. The van der Waals surface area contributed by atoms with Crippen LogP contribution in [0.4, 0.5) is 5.69 Å². The van der Waals surface area contributed by atoms with E-state index in [0.29, 0.717) is 15.6 Å². The molecule has 3 rings (SSSR count). The molecule has 0 atom stereocenters. The third kappa shape index (κ3) is 2.61. The van der Waals surface area contributed by atoms with E-state index in [0.717, 1.165) is 36.0 Å². The van der Waals surface area contributed by atoms with Gasteiger partial charge in [0.15, 0.2) is 0 Å². The summed E-state index contributed by atoms with van der Waals surface area (Å²) >= 11 is 7.37. The highest BCUT2D eigenvalue weighted by Crippen LogP contribution is 2.35. The Balaban J connectivity index is 1.85. The number of nitrogens with one attached hydrogen (secondary N) is 2. The molecule has 1 aliphatic rings. The molecule has 0 unspecified atom stereocenters. The number of hydrogen-bond acceptors (Lipinski definition) is 4. The molecule has 0 spiro atoms. The Labute approximate surface area is 126 Å². The standard InChI is InChI=1S/C14H16ClN3OS/c15-8-1-2-10-11(7-8)20-13(12(10)16)14(19)18-9-3-5-17-6-4-9/h1-2,7,9,17H,3-6,16H2,(H,18,19). The zero-order valence-electron chi connectivity index (χ0n) is 10.9. The number of rotatable bonds is 2. The summed E-state index contributed by atoms with van der Waals surface area (Å²) in [6.07, 6.45) is 1.92. The average Bonchev–Trinajstić information content (AvgIpc) is 2.76. The van der Waals surface area contributed by atoms with Gasteiger partial charge in [-0.1, -0.05) is 11.6 Å². The van der Waals surface area contributed by atoms with Crippen molar-refractivity contribution >= 4 is 44.6 Å². The third-order valence-corrected chi connectivity index (χ3v) is 4.97. The molecule has 4 N–H and O–H groups in total. The minimum atomic E-state index is -0.0771. The number of piperidine rings is 1. The summed E-state index contributed by atoms with van der Waals surface area (Å²) < 4.78 is 0.950. The molecule has 6 heteroatoms. The summed E-state index contributed by atoms with van der Waals surface area (Å²) in [5, 5.41) is 7.90. The summed E-state index contributed by atoms with van der Waals surface area (Å²) in [4.78, 5) is 12.9. The zero-order chi connectivity index (χ0) is 14.1. The maximum absolute atomic E-state index is 12.4. The quantitative estimate of drug-likeness (QED) is 0.799. The molecule has 0 bridgehead atoms. The lowest BCUT2D eigenvalue weighted by molar-refractivity contribution is 0.0934. The molecular weight excluding hydrogens is 294 g/mol. The molecule has 1 amide bonds. The minimum Gasteiger partial charge on any atom is -0.397 e. The summed E-state index contributed by atoms with van der Waals surface area (Å²) in [5.74, 6) is -0.0771. The molecule has 0 saturated carbocycles. The normalized spacial score (nSPS) is 16.4. The number of amides is 1. The highest BCUT2D eigenvalue weighted by molar-refractivity contribution is 7.21. The molecule has 2 heterocycles. The van der Waals surface area contributed by atoms with Crippen LogP contribution < -0.4 is 16.4 Å². The number of fused-ring (bicyclic) bond motifs is 1. The molecule has 2 aromatic rings. The van der Waals surface area contributed by atoms with Gasteiger partial charge in [-0.05, 0) is 44.1 Å². The molecular formula is C14H16ClN3OS. The van der Waals surface area contributed by atoms with Gasteiger partial charge in [-0.2, -0.15) is 0 Å². The SMILES string of the molecule is Nc1c(C(=O)NC2CCNCC2)sc2cc(Cl)ccc12. The Morgan fingerprint density at radius 1 is 1.40 bits per heavy atom. The highest BCUT2D eigenvalue weighted by atomic mass is 35.5. The van der Waals surface area contributed by atoms with Crippen molar-refractivity contribution in [1.29, 1.82) is 0 Å². The van der Waals surface area contributed by atoms with Crippen molar-refractivity contribution in [3.05, 3.63) is 28.1 Å². The Morgan fingerprint density at radius 3 is 2.90 bits per heavy atom. The van der Waals surface area contributed by atoms with E-state index in [-0.39, 0.29) is 11.9 Å². The van der Waals surface area contributed by atoms with Crippen LogP contribution in [0.1, 0.15) is 22.5 Å². The van der Waals surface area contributed by atoms with E-state index in [1.165, 1.54) is 11.3 Å². The summed E-state index contributed by atoms with van der Waals surface area (Å²) in [5.41, 5.74) is 6.64. The number of anilines is 1. The molecule has 4 nitrogen and oxygen atoms in total. The first-order valence-electron chi connectivity index (χ1n) is 6.64. The Kier molecular flexibility index (Phi) is 3.83. The monoisotopic (exact) mass is 309 g/mol. The number of thiophene rings is 1. The number of hydrogen-bond donors (Lipinski definition) is 3. The number of carbonyl (C=O) groups is 1. The molecule has 0 aliphatic carbocycles. The second-order valence-electron chi connectivity index (χ2n) is 4.98. The van der Waals surface area contributed by atoms with Crippen molar-refractivity contribution in [2.45, 2.75) is 18.9 Å². The minimum absolute atomic E-state index is 0.0771. The molecule has 106 valence electrons. The maximum Gasteiger partial charge on any atom is 0.263 e. The van der Waals surface area contributed by atoms with E-state index in [2.05, 4.69) is 10.6 Å². The highest BCUT2D eigenvalue weighted by Gasteiger charge is 2.20. The van der Waals surface area contributed by atoms with E-state index in [1.807, 2.05) is 12.1 Å². The molecule has 1 aromatic heterocycles. The predicted molar refractivity (Wildman–Crippen MR) is 84.6 cm³/mol. The van der Waals surface area contributed by atoms with Crippen molar-refractivity contribution in [3.63, 3.8) is 0 Å². The van der Waals surface area contributed by atoms with E-state index in [1.54, 1.807) is 6.07 Å². The van der Waals surface area contributed by atoms with Crippen molar-refractivity contribution in [3.8, 4) is 0 Å². The van der Waals surface area contributed by atoms with Gasteiger partial charge in [0.1, 0.15) is 4.88 Å². The number of halogens is 1. The van der Waals surface area contributed by atoms with Gasteiger partial charge in [-0.15, -0.1) is 11.3 Å². The Morgan fingerprint density at radius 2 is 2.15 bits per heavy atom. The van der Waals surface area contributed by atoms with Crippen molar-refractivity contribution in [2.24, 2.45) is 0 Å². The van der Waals surface area contributed by atoms with Crippen LogP contribution in [0.15, 0.2) is 18.2 Å². The molecule has 1 fully saturated rings. The maximum atomic E-state index is 12.4. The fourth-order valence-electron chi connectivity index (χ4n) is 2.48. The number of nitrogens with two attached hydrogens (primary N) is 1. The number of benzene rings is 1. The van der Waals surface area contributed by atoms with Crippen LogP contribution in [0, 0.1) is 0 Å². The van der Waals surface area contributed by atoms with Crippen LogP contribution in [0.2, 0.25) is 5.02 Å². The number of nitrogen functional groups attached to an aromatic ring is 1. The van der Waals surface area contributed by atoms with Crippen LogP contribution in [0.3, 0.4) is 0 Å². The van der Waals surface area contributed by atoms with Crippen LogP contribution in [0.5, 0.6) is 0 Å². The van der Waals surface area contributed by atoms with Gasteiger partial charge in [-0.25, -0.2) is 0 Å². The smallest absolute Gasteiger partial charge is 0.263 e. The van der Waals surface area contributed by atoms with Gasteiger partial charge in [0, 0.05) is 21.2 Å². The molecule has 1 aliphatic heterocycles. The topological polar surface area (TPSA) is 67.2 Å². The van der Waals surface area contributed by atoms with Gasteiger partial charge in [0.05, 0.1) is 5.69 Å². The zero-order valence-corrected chi connectivity index (χ0v) is 12.5. The summed E-state index contributed by atoms with van der Waals surface area (Å²) in [7, 11) is 0. The van der Waals surface area contributed by atoms with E-state index in [4.69, 9.17) is 17.3 Å². The number of carbonyl (C=O) groups excluding carboxylic acids is 1. The first-order valence-corrected chi connectivity index (χ1v) is 7.83. The second-order valence-corrected chi connectivity index (χ2v) is 6.47. The van der Waals surface area contributed by atoms with Crippen molar-refractivity contribution in [2.75, 3.05) is 18.8 Å². The Bertz CT molecular complexity index is 649. The largest absolute Gasteiger partial charge is 0.397 e. The van der Waals surface area contributed by atoms with E-state index < -0.39 is 0 Å².